The van der Waals surface area contributed by atoms with Crippen molar-refractivity contribution in [1.29, 1.82) is 0 Å². The number of benzene rings is 1. The Morgan fingerprint density at radius 3 is 1.93 bits per heavy atom. The van der Waals surface area contributed by atoms with Gasteiger partial charge in [0, 0.05) is 10.5 Å². The van der Waals surface area contributed by atoms with E-state index in [1.165, 1.54) is 0 Å². The minimum absolute atomic E-state index is 0.118. The average molecular weight is 260 g/mol. The van der Waals surface area contributed by atoms with Gasteiger partial charge in [0.05, 0.1) is 19.8 Å². The normalized spacial score (nSPS) is 12.4. The third-order valence-corrected chi connectivity index (χ3v) is 2.42. The molecule has 3 nitrogen and oxygen atoms in total. The molecule has 0 radical (unpaired) electrons. The molecule has 0 aromatic heterocycles. The summed E-state index contributed by atoms with van der Waals surface area (Å²) in [5.41, 5.74) is 6.73. The third-order valence-electron chi connectivity index (χ3n) is 1.96. The van der Waals surface area contributed by atoms with Gasteiger partial charge in [-0.25, -0.2) is 0 Å². The number of ether oxygens (including phenoxy) is 2. The Morgan fingerprint density at radius 2 is 1.64 bits per heavy atom. The molecule has 1 unspecified atom stereocenters. The van der Waals surface area contributed by atoms with Crippen LogP contribution in [-0.2, 0) is 0 Å². The highest BCUT2D eigenvalue weighted by Crippen LogP contribution is 2.36. The van der Waals surface area contributed by atoms with Crippen LogP contribution in [0.15, 0.2) is 16.6 Å². The third kappa shape index (κ3) is 2.19. The van der Waals surface area contributed by atoms with Gasteiger partial charge in [-0.15, -0.1) is 0 Å². The first kappa shape index (κ1) is 11.3. The smallest absolute Gasteiger partial charge is 0.128 e. The van der Waals surface area contributed by atoms with Crippen LogP contribution in [-0.4, -0.2) is 14.2 Å². The highest BCUT2D eigenvalue weighted by molar-refractivity contribution is 9.10. The highest BCUT2D eigenvalue weighted by atomic mass is 79.9. The minimum Gasteiger partial charge on any atom is -0.496 e. The van der Waals surface area contributed by atoms with Crippen LogP contribution < -0.4 is 15.2 Å². The van der Waals surface area contributed by atoms with Crippen LogP contribution in [0.25, 0.3) is 0 Å². The maximum absolute atomic E-state index is 5.84. The van der Waals surface area contributed by atoms with Crippen molar-refractivity contribution in [3.8, 4) is 11.5 Å². The van der Waals surface area contributed by atoms with Gasteiger partial charge in [0.15, 0.2) is 0 Å². The van der Waals surface area contributed by atoms with Crippen molar-refractivity contribution < 1.29 is 9.47 Å². The van der Waals surface area contributed by atoms with Crippen LogP contribution in [0.2, 0.25) is 0 Å². The monoisotopic (exact) mass is 259 g/mol. The Hall–Kier alpha value is -0.740. The van der Waals surface area contributed by atoms with Gasteiger partial charge >= 0.3 is 0 Å². The van der Waals surface area contributed by atoms with E-state index in [2.05, 4.69) is 15.9 Å². The van der Waals surface area contributed by atoms with Crippen molar-refractivity contribution in [2.24, 2.45) is 5.73 Å². The van der Waals surface area contributed by atoms with Gasteiger partial charge in [-0.2, -0.15) is 0 Å². The fourth-order valence-electron chi connectivity index (χ4n) is 1.36. The van der Waals surface area contributed by atoms with Crippen molar-refractivity contribution in [3.05, 3.63) is 22.2 Å². The maximum atomic E-state index is 5.84. The molecule has 14 heavy (non-hydrogen) atoms. The van der Waals surface area contributed by atoms with E-state index in [9.17, 15) is 0 Å². The Kier molecular flexibility index (Phi) is 3.77. The molecule has 78 valence electrons. The van der Waals surface area contributed by atoms with E-state index in [0.717, 1.165) is 21.5 Å². The standard InChI is InChI=1S/C10H14BrNO2/c1-6(12)10-8(13-2)4-7(11)5-9(10)14-3/h4-6H,12H2,1-3H3. The van der Waals surface area contributed by atoms with Crippen LogP contribution in [0.3, 0.4) is 0 Å². The van der Waals surface area contributed by atoms with Gasteiger partial charge < -0.3 is 15.2 Å². The van der Waals surface area contributed by atoms with Crippen LogP contribution in [0.5, 0.6) is 11.5 Å². The quantitative estimate of drug-likeness (QED) is 0.908. The summed E-state index contributed by atoms with van der Waals surface area (Å²) >= 11 is 3.38. The highest BCUT2D eigenvalue weighted by Gasteiger charge is 2.14. The zero-order valence-electron chi connectivity index (χ0n) is 8.50. The lowest BCUT2D eigenvalue weighted by molar-refractivity contribution is 0.380. The second-order valence-electron chi connectivity index (χ2n) is 3.01. The summed E-state index contributed by atoms with van der Waals surface area (Å²) in [5.74, 6) is 1.48. The first-order valence-corrected chi connectivity index (χ1v) is 5.06. The molecule has 1 aromatic carbocycles. The van der Waals surface area contributed by atoms with Crippen molar-refractivity contribution in [2.75, 3.05) is 14.2 Å². The number of hydrogen-bond acceptors (Lipinski definition) is 3. The lowest BCUT2D eigenvalue weighted by atomic mass is 10.1. The molecule has 0 aliphatic heterocycles. The van der Waals surface area contributed by atoms with Crippen LogP contribution in [0.1, 0.15) is 18.5 Å². The Bertz CT molecular complexity index is 301. The topological polar surface area (TPSA) is 44.5 Å². The number of rotatable bonds is 3. The fourth-order valence-corrected chi connectivity index (χ4v) is 1.77. The molecule has 1 atom stereocenters. The number of nitrogens with two attached hydrogens (primary N) is 1. The van der Waals surface area contributed by atoms with Gasteiger partial charge in [0.25, 0.3) is 0 Å². The van der Waals surface area contributed by atoms with Crippen LogP contribution >= 0.6 is 15.9 Å². The van der Waals surface area contributed by atoms with Crippen LogP contribution in [0.4, 0.5) is 0 Å². The second kappa shape index (κ2) is 4.66. The van der Waals surface area contributed by atoms with Gasteiger partial charge in [-0.05, 0) is 19.1 Å². The summed E-state index contributed by atoms with van der Waals surface area (Å²) < 4.78 is 11.4. The molecule has 0 saturated carbocycles. The summed E-state index contributed by atoms with van der Waals surface area (Å²) in [6, 6.07) is 3.63. The van der Waals surface area contributed by atoms with Crippen molar-refractivity contribution >= 4 is 15.9 Å². The fraction of sp³-hybridized carbons (Fsp3) is 0.400. The molecular weight excluding hydrogens is 246 g/mol. The van der Waals surface area contributed by atoms with Crippen molar-refractivity contribution in [2.45, 2.75) is 13.0 Å². The zero-order valence-corrected chi connectivity index (χ0v) is 10.1. The molecule has 0 saturated heterocycles. The molecule has 0 spiro atoms. The lowest BCUT2D eigenvalue weighted by Crippen LogP contribution is -2.09. The largest absolute Gasteiger partial charge is 0.496 e. The summed E-state index contributed by atoms with van der Waals surface area (Å²) in [4.78, 5) is 0. The van der Waals surface area contributed by atoms with Crippen molar-refractivity contribution in [1.82, 2.24) is 0 Å². The van der Waals surface area contributed by atoms with E-state index in [1.54, 1.807) is 14.2 Å². The Balaban J connectivity index is 3.33. The molecule has 0 amide bonds. The summed E-state index contributed by atoms with van der Waals surface area (Å²) in [5, 5.41) is 0. The first-order chi connectivity index (χ1) is 6.60. The molecule has 0 aliphatic rings. The zero-order chi connectivity index (χ0) is 10.7. The number of halogens is 1. The van der Waals surface area contributed by atoms with E-state index in [1.807, 2.05) is 19.1 Å². The molecule has 1 aromatic rings. The van der Waals surface area contributed by atoms with E-state index < -0.39 is 0 Å². The van der Waals surface area contributed by atoms with E-state index in [4.69, 9.17) is 15.2 Å². The average Bonchev–Trinajstić information content (AvgIpc) is 2.15. The molecule has 2 N–H and O–H groups in total. The molecule has 0 aliphatic carbocycles. The minimum atomic E-state index is -0.118. The van der Waals surface area contributed by atoms with Gasteiger partial charge in [-0.3, -0.25) is 0 Å². The SMILES string of the molecule is COc1cc(Br)cc(OC)c1C(C)N. The van der Waals surface area contributed by atoms with E-state index in [0.29, 0.717) is 0 Å². The van der Waals surface area contributed by atoms with E-state index >= 15 is 0 Å². The van der Waals surface area contributed by atoms with Gasteiger partial charge in [0.2, 0.25) is 0 Å². The van der Waals surface area contributed by atoms with Gasteiger partial charge in [-0.1, -0.05) is 15.9 Å². The van der Waals surface area contributed by atoms with Crippen LogP contribution in [0, 0.1) is 0 Å². The molecular formula is C10H14BrNO2. The summed E-state index contributed by atoms with van der Waals surface area (Å²) in [6.07, 6.45) is 0. The Labute approximate surface area is 92.3 Å². The molecule has 0 heterocycles. The predicted molar refractivity (Wildman–Crippen MR) is 59.8 cm³/mol. The molecule has 1 rings (SSSR count). The summed E-state index contributed by atoms with van der Waals surface area (Å²) in [6.45, 7) is 1.90. The molecule has 4 heteroatoms. The lowest BCUT2D eigenvalue weighted by Gasteiger charge is -2.16. The van der Waals surface area contributed by atoms with Crippen molar-refractivity contribution in [3.63, 3.8) is 0 Å². The predicted octanol–water partition coefficient (Wildman–Crippen LogP) is 2.49. The first-order valence-electron chi connectivity index (χ1n) is 4.27. The van der Waals surface area contributed by atoms with Gasteiger partial charge in [0.1, 0.15) is 11.5 Å². The molecule has 0 bridgehead atoms. The van der Waals surface area contributed by atoms with E-state index in [-0.39, 0.29) is 6.04 Å². The number of hydrogen-bond donors (Lipinski definition) is 1. The number of methoxy groups -OCH3 is 2. The molecule has 0 fully saturated rings. The second-order valence-corrected chi connectivity index (χ2v) is 3.93. The maximum Gasteiger partial charge on any atom is 0.128 e. The summed E-state index contributed by atoms with van der Waals surface area (Å²) in [7, 11) is 3.24. The Morgan fingerprint density at radius 1 is 1.21 bits per heavy atom.